The van der Waals surface area contributed by atoms with Crippen LogP contribution in [-0.2, 0) is 13.1 Å². The van der Waals surface area contributed by atoms with Crippen LogP contribution in [0.3, 0.4) is 0 Å². The van der Waals surface area contributed by atoms with Gasteiger partial charge in [0, 0.05) is 24.0 Å². The number of nitrogens with one attached hydrogen (secondary N) is 3. The molecular formula is C17H18N4O. The minimum Gasteiger partial charge on any atom is -0.348 e. The fraction of sp³-hybridized carbons (Fsp3) is 0.176. The van der Waals surface area contributed by atoms with Gasteiger partial charge in [0.25, 0.3) is 5.91 Å². The van der Waals surface area contributed by atoms with Crippen molar-refractivity contribution in [2.45, 2.75) is 13.1 Å². The lowest BCUT2D eigenvalue weighted by molar-refractivity contribution is 0.0951. The van der Waals surface area contributed by atoms with Crippen LogP contribution in [-0.4, -0.2) is 23.2 Å². The highest BCUT2D eigenvalue weighted by molar-refractivity contribution is 5.97. The summed E-state index contributed by atoms with van der Waals surface area (Å²) < 4.78 is 0. The lowest BCUT2D eigenvalue weighted by atomic mass is 10.1. The van der Waals surface area contributed by atoms with Crippen molar-refractivity contribution in [2.24, 2.45) is 0 Å². The Hall–Kier alpha value is -2.66. The van der Waals surface area contributed by atoms with Gasteiger partial charge >= 0.3 is 0 Å². The van der Waals surface area contributed by atoms with Gasteiger partial charge in [-0.3, -0.25) is 9.89 Å². The van der Waals surface area contributed by atoms with Crippen LogP contribution in [0.2, 0.25) is 0 Å². The summed E-state index contributed by atoms with van der Waals surface area (Å²) in [7, 11) is 1.92. The molecule has 0 saturated heterocycles. The number of amides is 1. The molecule has 1 heterocycles. The number of aromatic amines is 1. The summed E-state index contributed by atoms with van der Waals surface area (Å²) in [6.45, 7) is 1.36. The number of fused-ring (bicyclic) bond motifs is 1. The van der Waals surface area contributed by atoms with E-state index in [1.54, 1.807) is 6.20 Å². The number of carbonyl (C=O) groups excluding carboxylic acids is 1. The molecule has 0 aliphatic heterocycles. The van der Waals surface area contributed by atoms with E-state index in [2.05, 4.69) is 33.0 Å². The third-order valence-electron chi connectivity index (χ3n) is 3.56. The maximum absolute atomic E-state index is 12.2. The molecule has 3 rings (SSSR count). The Kier molecular flexibility index (Phi) is 4.16. The van der Waals surface area contributed by atoms with Gasteiger partial charge in [-0.2, -0.15) is 5.10 Å². The molecule has 0 aliphatic carbocycles. The SMILES string of the molecule is CNCc1ccc(CNC(=O)c2ccc3cn[nH]c3c2)cc1. The Labute approximate surface area is 128 Å². The first-order valence-corrected chi connectivity index (χ1v) is 7.20. The third kappa shape index (κ3) is 3.15. The fourth-order valence-corrected chi connectivity index (χ4v) is 2.34. The van der Waals surface area contributed by atoms with Gasteiger partial charge in [0.05, 0.1) is 11.7 Å². The van der Waals surface area contributed by atoms with Crippen molar-refractivity contribution in [3.8, 4) is 0 Å². The van der Waals surface area contributed by atoms with Crippen LogP contribution in [0, 0.1) is 0 Å². The molecule has 2 aromatic carbocycles. The standard InChI is InChI=1S/C17H18N4O/c1-18-9-12-2-4-13(5-3-12)10-19-17(22)14-6-7-15-11-20-21-16(15)8-14/h2-8,11,18H,9-10H2,1H3,(H,19,22)(H,20,21). The summed E-state index contributed by atoms with van der Waals surface area (Å²) in [5.74, 6) is -0.0872. The second kappa shape index (κ2) is 6.41. The number of hydrogen-bond donors (Lipinski definition) is 3. The van der Waals surface area contributed by atoms with E-state index in [1.807, 2.05) is 37.4 Å². The minimum absolute atomic E-state index is 0.0872. The summed E-state index contributed by atoms with van der Waals surface area (Å²) in [5.41, 5.74) is 3.80. The molecule has 1 amide bonds. The monoisotopic (exact) mass is 294 g/mol. The van der Waals surface area contributed by atoms with Crippen LogP contribution in [0.4, 0.5) is 0 Å². The van der Waals surface area contributed by atoms with Crippen LogP contribution in [0.15, 0.2) is 48.7 Å². The second-order valence-corrected chi connectivity index (χ2v) is 5.20. The Morgan fingerprint density at radius 3 is 2.55 bits per heavy atom. The number of aromatic nitrogens is 2. The van der Waals surface area contributed by atoms with Gasteiger partial charge in [-0.1, -0.05) is 30.3 Å². The van der Waals surface area contributed by atoms with Crippen molar-refractivity contribution in [1.82, 2.24) is 20.8 Å². The first-order chi connectivity index (χ1) is 10.8. The molecular weight excluding hydrogens is 276 g/mol. The van der Waals surface area contributed by atoms with Crippen molar-refractivity contribution in [2.75, 3.05) is 7.05 Å². The Bertz CT molecular complexity index is 777. The molecule has 0 fully saturated rings. The predicted molar refractivity (Wildman–Crippen MR) is 86.5 cm³/mol. The number of nitrogens with zero attached hydrogens (tertiary/aromatic N) is 1. The number of benzene rings is 2. The van der Waals surface area contributed by atoms with Gasteiger partial charge in [0.2, 0.25) is 0 Å². The average molecular weight is 294 g/mol. The summed E-state index contributed by atoms with van der Waals surface area (Å²) in [6.07, 6.45) is 1.74. The van der Waals surface area contributed by atoms with Crippen LogP contribution in [0.25, 0.3) is 10.9 Å². The van der Waals surface area contributed by atoms with Gasteiger partial charge in [0.15, 0.2) is 0 Å². The Balaban J connectivity index is 1.63. The summed E-state index contributed by atoms with van der Waals surface area (Å²) >= 11 is 0. The van der Waals surface area contributed by atoms with E-state index in [1.165, 1.54) is 5.56 Å². The van der Waals surface area contributed by atoms with Crippen LogP contribution < -0.4 is 10.6 Å². The highest BCUT2D eigenvalue weighted by atomic mass is 16.1. The van der Waals surface area contributed by atoms with Crippen LogP contribution in [0.5, 0.6) is 0 Å². The normalized spacial score (nSPS) is 10.8. The van der Waals surface area contributed by atoms with Crippen LogP contribution in [0.1, 0.15) is 21.5 Å². The molecule has 5 nitrogen and oxygen atoms in total. The number of carbonyl (C=O) groups is 1. The lowest BCUT2D eigenvalue weighted by Crippen LogP contribution is -2.22. The Morgan fingerprint density at radius 2 is 1.82 bits per heavy atom. The van der Waals surface area contributed by atoms with Gasteiger partial charge < -0.3 is 10.6 Å². The van der Waals surface area contributed by atoms with Gasteiger partial charge in [-0.05, 0) is 30.3 Å². The number of rotatable bonds is 5. The summed E-state index contributed by atoms with van der Waals surface area (Å²) in [6, 6.07) is 13.7. The van der Waals surface area contributed by atoms with Crippen molar-refractivity contribution < 1.29 is 4.79 Å². The van der Waals surface area contributed by atoms with Crippen molar-refractivity contribution in [3.05, 3.63) is 65.4 Å². The molecule has 0 bridgehead atoms. The number of hydrogen-bond acceptors (Lipinski definition) is 3. The molecule has 0 spiro atoms. The lowest BCUT2D eigenvalue weighted by Gasteiger charge is -2.07. The van der Waals surface area contributed by atoms with E-state index in [9.17, 15) is 4.79 Å². The van der Waals surface area contributed by atoms with Gasteiger partial charge in [0.1, 0.15) is 0 Å². The van der Waals surface area contributed by atoms with Crippen molar-refractivity contribution in [3.63, 3.8) is 0 Å². The topological polar surface area (TPSA) is 69.8 Å². The van der Waals surface area contributed by atoms with Crippen molar-refractivity contribution >= 4 is 16.8 Å². The molecule has 1 aromatic heterocycles. The van der Waals surface area contributed by atoms with E-state index < -0.39 is 0 Å². The van der Waals surface area contributed by atoms with E-state index in [4.69, 9.17) is 0 Å². The molecule has 112 valence electrons. The zero-order chi connectivity index (χ0) is 15.4. The first kappa shape index (κ1) is 14.3. The molecule has 22 heavy (non-hydrogen) atoms. The molecule has 5 heteroatoms. The maximum Gasteiger partial charge on any atom is 0.251 e. The summed E-state index contributed by atoms with van der Waals surface area (Å²) in [5, 5.41) is 13.9. The zero-order valence-electron chi connectivity index (χ0n) is 12.4. The van der Waals surface area contributed by atoms with Crippen LogP contribution >= 0.6 is 0 Å². The Morgan fingerprint density at radius 1 is 1.09 bits per heavy atom. The molecule has 0 saturated carbocycles. The number of H-pyrrole nitrogens is 1. The quantitative estimate of drug-likeness (QED) is 0.676. The second-order valence-electron chi connectivity index (χ2n) is 5.20. The minimum atomic E-state index is -0.0872. The molecule has 0 unspecified atom stereocenters. The van der Waals surface area contributed by atoms with Crippen molar-refractivity contribution in [1.29, 1.82) is 0 Å². The largest absolute Gasteiger partial charge is 0.348 e. The third-order valence-corrected chi connectivity index (χ3v) is 3.56. The summed E-state index contributed by atoms with van der Waals surface area (Å²) in [4.78, 5) is 12.2. The molecule has 3 N–H and O–H groups in total. The van der Waals surface area contributed by atoms with E-state index >= 15 is 0 Å². The van der Waals surface area contributed by atoms with E-state index in [-0.39, 0.29) is 5.91 Å². The van der Waals surface area contributed by atoms with Gasteiger partial charge in [-0.25, -0.2) is 0 Å². The smallest absolute Gasteiger partial charge is 0.251 e. The molecule has 0 aliphatic rings. The highest BCUT2D eigenvalue weighted by Gasteiger charge is 2.07. The maximum atomic E-state index is 12.2. The molecule has 0 radical (unpaired) electrons. The first-order valence-electron chi connectivity index (χ1n) is 7.20. The highest BCUT2D eigenvalue weighted by Crippen LogP contribution is 2.13. The fourth-order valence-electron chi connectivity index (χ4n) is 2.34. The predicted octanol–water partition coefficient (Wildman–Crippen LogP) is 2.21. The molecule has 3 aromatic rings. The zero-order valence-corrected chi connectivity index (χ0v) is 12.4. The average Bonchev–Trinajstić information content (AvgIpc) is 3.01. The molecule has 0 atom stereocenters. The van der Waals surface area contributed by atoms with E-state index in [0.717, 1.165) is 23.0 Å². The van der Waals surface area contributed by atoms with Gasteiger partial charge in [-0.15, -0.1) is 0 Å². The van der Waals surface area contributed by atoms with E-state index in [0.29, 0.717) is 12.1 Å².